The highest BCUT2D eigenvalue weighted by Gasteiger charge is 2.13. The molecule has 0 aliphatic carbocycles. The highest BCUT2D eigenvalue weighted by Crippen LogP contribution is 2.22. The summed E-state index contributed by atoms with van der Waals surface area (Å²) in [5.41, 5.74) is 1.20. The molecule has 2 aromatic carbocycles. The number of esters is 1. The van der Waals surface area contributed by atoms with Gasteiger partial charge in [-0.05, 0) is 55.5 Å². The molecule has 9 heteroatoms. The van der Waals surface area contributed by atoms with Crippen LogP contribution in [0.3, 0.4) is 0 Å². The zero-order valence-corrected chi connectivity index (χ0v) is 17.2. The third-order valence-corrected chi connectivity index (χ3v) is 5.28. The Labute approximate surface area is 174 Å². The van der Waals surface area contributed by atoms with Crippen LogP contribution in [0.5, 0.6) is 5.75 Å². The molecule has 1 heterocycles. The molecule has 1 N–H and O–H groups in total. The molecule has 0 unspecified atom stereocenters. The number of hydrogen-bond donors (Lipinski definition) is 1. The SMILES string of the molecule is CCOC(=O)c1ccc(-c2ccc(C=NNS(=O)(=O)c3ccc(OC)cc3)o2)cc1. The number of carbonyl (C=O) groups excluding carboxylic acids is 1. The van der Waals surface area contributed by atoms with Crippen molar-refractivity contribution in [2.24, 2.45) is 5.10 Å². The smallest absolute Gasteiger partial charge is 0.338 e. The first-order chi connectivity index (χ1) is 14.4. The van der Waals surface area contributed by atoms with Gasteiger partial charge in [0.15, 0.2) is 0 Å². The van der Waals surface area contributed by atoms with Crippen molar-refractivity contribution in [2.45, 2.75) is 11.8 Å². The second-order valence-corrected chi connectivity index (χ2v) is 7.69. The third kappa shape index (κ3) is 5.06. The number of rotatable bonds is 8. The summed E-state index contributed by atoms with van der Waals surface area (Å²) in [6, 6.07) is 16.1. The van der Waals surface area contributed by atoms with Gasteiger partial charge in [-0.25, -0.2) is 4.79 Å². The maximum Gasteiger partial charge on any atom is 0.338 e. The molecule has 0 bridgehead atoms. The molecule has 0 saturated carbocycles. The third-order valence-electron chi connectivity index (χ3n) is 4.04. The summed E-state index contributed by atoms with van der Waals surface area (Å²) in [5.74, 6) is 1.07. The first-order valence-electron chi connectivity index (χ1n) is 8.99. The van der Waals surface area contributed by atoms with Crippen LogP contribution in [-0.4, -0.2) is 34.3 Å². The molecule has 3 rings (SSSR count). The van der Waals surface area contributed by atoms with Crippen LogP contribution in [0.1, 0.15) is 23.0 Å². The van der Waals surface area contributed by atoms with Crippen LogP contribution < -0.4 is 9.57 Å². The van der Waals surface area contributed by atoms with Crippen molar-refractivity contribution in [2.75, 3.05) is 13.7 Å². The van der Waals surface area contributed by atoms with Gasteiger partial charge in [-0.1, -0.05) is 12.1 Å². The number of nitrogens with one attached hydrogen (secondary N) is 1. The Balaban J connectivity index is 1.66. The van der Waals surface area contributed by atoms with Crippen LogP contribution in [0.2, 0.25) is 0 Å². The molecule has 0 radical (unpaired) electrons. The van der Waals surface area contributed by atoms with Gasteiger partial charge in [0.05, 0.1) is 30.4 Å². The van der Waals surface area contributed by atoms with Gasteiger partial charge in [0.1, 0.15) is 17.3 Å². The lowest BCUT2D eigenvalue weighted by atomic mass is 10.1. The predicted molar refractivity (Wildman–Crippen MR) is 111 cm³/mol. The van der Waals surface area contributed by atoms with Crippen LogP contribution in [-0.2, 0) is 14.8 Å². The number of furan rings is 1. The summed E-state index contributed by atoms with van der Waals surface area (Å²) in [5, 5.41) is 3.75. The molecular weight excluding hydrogens is 408 g/mol. The predicted octanol–water partition coefficient (Wildman–Crippen LogP) is 3.44. The van der Waals surface area contributed by atoms with E-state index in [1.54, 1.807) is 55.5 Å². The van der Waals surface area contributed by atoms with E-state index in [9.17, 15) is 13.2 Å². The number of hydrazone groups is 1. The summed E-state index contributed by atoms with van der Waals surface area (Å²) in [6.45, 7) is 2.05. The Kier molecular flexibility index (Phi) is 6.53. The van der Waals surface area contributed by atoms with Gasteiger partial charge in [0.2, 0.25) is 0 Å². The summed E-state index contributed by atoms with van der Waals surface area (Å²) in [4.78, 5) is 13.9. The van der Waals surface area contributed by atoms with Crippen LogP contribution in [0.15, 0.2) is 75.1 Å². The molecule has 0 fully saturated rings. The van der Waals surface area contributed by atoms with Crippen LogP contribution in [0, 0.1) is 0 Å². The van der Waals surface area contributed by atoms with Crippen molar-refractivity contribution in [3.8, 4) is 17.1 Å². The number of benzene rings is 2. The number of hydrogen-bond acceptors (Lipinski definition) is 7. The molecule has 30 heavy (non-hydrogen) atoms. The summed E-state index contributed by atoms with van der Waals surface area (Å²) in [6.07, 6.45) is 1.26. The lowest BCUT2D eigenvalue weighted by Gasteiger charge is -2.04. The minimum atomic E-state index is -3.81. The van der Waals surface area contributed by atoms with Gasteiger partial charge in [-0.3, -0.25) is 0 Å². The molecule has 1 aromatic heterocycles. The highest BCUT2D eigenvalue weighted by molar-refractivity contribution is 7.89. The van der Waals surface area contributed by atoms with E-state index in [-0.39, 0.29) is 10.9 Å². The number of methoxy groups -OCH3 is 1. The van der Waals surface area contributed by atoms with Gasteiger partial charge < -0.3 is 13.9 Å². The molecule has 0 amide bonds. The number of nitrogens with zero attached hydrogens (tertiary/aromatic N) is 1. The van der Waals surface area contributed by atoms with Gasteiger partial charge in [-0.15, -0.1) is 0 Å². The lowest BCUT2D eigenvalue weighted by Crippen LogP contribution is -2.18. The Morgan fingerprint density at radius 2 is 1.77 bits per heavy atom. The minimum absolute atomic E-state index is 0.0577. The molecule has 156 valence electrons. The number of carbonyl (C=O) groups is 1. The topological polar surface area (TPSA) is 107 Å². The maximum atomic E-state index is 12.2. The van der Waals surface area contributed by atoms with Crippen molar-refractivity contribution in [3.63, 3.8) is 0 Å². The molecule has 0 aliphatic rings. The minimum Gasteiger partial charge on any atom is -0.497 e. The first kappa shape index (κ1) is 21.1. The average molecular weight is 428 g/mol. The molecule has 0 saturated heterocycles. The highest BCUT2D eigenvalue weighted by atomic mass is 32.2. The lowest BCUT2D eigenvalue weighted by molar-refractivity contribution is 0.0526. The zero-order chi connectivity index (χ0) is 21.6. The first-order valence-corrected chi connectivity index (χ1v) is 10.5. The van der Waals surface area contributed by atoms with Crippen LogP contribution >= 0.6 is 0 Å². The van der Waals surface area contributed by atoms with Gasteiger partial charge in [0.25, 0.3) is 10.0 Å². The number of sulfonamides is 1. The van der Waals surface area contributed by atoms with Gasteiger partial charge >= 0.3 is 5.97 Å². The normalized spacial score (nSPS) is 11.4. The van der Waals surface area contributed by atoms with E-state index in [1.165, 1.54) is 25.5 Å². The van der Waals surface area contributed by atoms with Crippen LogP contribution in [0.4, 0.5) is 0 Å². The van der Waals surface area contributed by atoms with E-state index in [4.69, 9.17) is 13.9 Å². The summed E-state index contributed by atoms with van der Waals surface area (Å²) < 4.78 is 40.1. The van der Waals surface area contributed by atoms with Crippen molar-refractivity contribution < 1.29 is 27.1 Å². The van der Waals surface area contributed by atoms with Gasteiger partial charge in [0, 0.05) is 5.56 Å². The quantitative estimate of drug-likeness (QED) is 0.335. The summed E-state index contributed by atoms with van der Waals surface area (Å²) >= 11 is 0. The summed E-state index contributed by atoms with van der Waals surface area (Å²) in [7, 11) is -2.31. The fourth-order valence-electron chi connectivity index (χ4n) is 2.53. The Hall–Kier alpha value is -3.59. The maximum absolute atomic E-state index is 12.2. The van der Waals surface area contributed by atoms with E-state index in [0.29, 0.717) is 29.4 Å². The fourth-order valence-corrected chi connectivity index (χ4v) is 3.32. The van der Waals surface area contributed by atoms with Crippen molar-refractivity contribution in [1.29, 1.82) is 0 Å². The molecule has 8 nitrogen and oxygen atoms in total. The average Bonchev–Trinajstić information content (AvgIpc) is 3.23. The van der Waals surface area contributed by atoms with E-state index >= 15 is 0 Å². The molecule has 0 atom stereocenters. The number of ether oxygens (including phenoxy) is 2. The Morgan fingerprint density at radius 3 is 2.40 bits per heavy atom. The zero-order valence-electron chi connectivity index (χ0n) is 16.4. The van der Waals surface area contributed by atoms with E-state index in [1.807, 2.05) is 0 Å². The van der Waals surface area contributed by atoms with Crippen molar-refractivity contribution >= 4 is 22.2 Å². The van der Waals surface area contributed by atoms with Gasteiger partial charge in [-0.2, -0.15) is 18.4 Å². The van der Waals surface area contributed by atoms with Crippen LogP contribution in [0.25, 0.3) is 11.3 Å². The fraction of sp³-hybridized carbons (Fsp3) is 0.143. The van der Waals surface area contributed by atoms with Crippen molar-refractivity contribution in [3.05, 3.63) is 72.0 Å². The largest absolute Gasteiger partial charge is 0.497 e. The second kappa shape index (κ2) is 9.27. The molecule has 0 aliphatic heterocycles. The standard InChI is InChI=1S/C21H20N2O6S/c1-3-28-21(24)16-6-4-15(5-7-16)20-13-10-18(29-20)14-22-23-30(25,26)19-11-8-17(27-2)9-12-19/h4-14,23H,3H2,1-2H3. The van der Waals surface area contributed by atoms with Crippen molar-refractivity contribution in [1.82, 2.24) is 4.83 Å². The second-order valence-electron chi connectivity index (χ2n) is 6.03. The molecule has 0 spiro atoms. The monoisotopic (exact) mass is 428 g/mol. The molecular formula is C21H20N2O6S. The van der Waals surface area contributed by atoms with E-state index in [2.05, 4.69) is 9.93 Å². The Bertz CT molecular complexity index is 1130. The van der Waals surface area contributed by atoms with E-state index in [0.717, 1.165) is 5.56 Å². The van der Waals surface area contributed by atoms with E-state index < -0.39 is 10.0 Å². The molecule has 3 aromatic rings. The Morgan fingerprint density at radius 1 is 1.07 bits per heavy atom.